The second kappa shape index (κ2) is 5.45. The highest BCUT2D eigenvalue weighted by Crippen LogP contribution is 2.18. The molecule has 0 aliphatic rings. The molecule has 1 heterocycles. The van der Waals surface area contributed by atoms with Gasteiger partial charge in [0, 0.05) is 0 Å². The van der Waals surface area contributed by atoms with Gasteiger partial charge in [-0.1, -0.05) is 23.8 Å². The number of hydrogen-bond donors (Lipinski definition) is 0. The number of hydrogen-bond acceptors (Lipinski definition) is 2. The van der Waals surface area contributed by atoms with Crippen LogP contribution in [0.2, 0.25) is 0 Å². The molecule has 0 unspecified atom stereocenters. The zero-order valence-corrected chi connectivity index (χ0v) is 12.1. The molecule has 0 saturated heterocycles. The standard InChI is InChI=1S/C15H16NO2S/c1-10-4-5-11(2)14(8-10)9-13-6-7-16(17)15(19-18)12(13)3/h4-8H,9H2,1-3H3/q-1. The van der Waals surface area contributed by atoms with E-state index >= 15 is 0 Å². The quantitative estimate of drug-likeness (QED) is 0.790. The van der Waals surface area contributed by atoms with Gasteiger partial charge in [-0.05, 0) is 61.7 Å². The molecule has 0 N–H and O–H groups in total. The topological polar surface area (TPSA) is 45.1 Å². The monoisotopic (exact) mass is 274 g/mol. The fourth-order valence-electron chi connectivity index (χ4n) is 2.14. The van der Waals surface area contributed by atoms with E-state index in [-0.39, 0.29) is 15.9 Å². The Morgan fingerprint density at radius 2 is 1.89 bits per heavy atom. The fraction of sp³-hybridized carbons (Fsp3) is 0.267. The average molecular weight is 274 g/mol. The predicted octanol–water partition coefficient (Wildman–Crippen LogP) is 3.10. The molecule has 2 rings (SSSR count). The van der Waals surface area contributed by atoms with E-state index in [1.165, 1.54) is 22.9 Å². The summed E-state index contributed by atoms with van der Waals surface area (Å²) in [5.41, 5.74) is 5.47. The Labute approximate surface area is 116 Å². The lowest BCUT2D eigenvalue weighted by molar-refractivity contribution is 0.698. The Kier molecular flexibility index (Phi) is 3.90. The molecule has 0 atom stereocenters. The summed E-state index contributed by atoms with van der Waals surface area (Å²) in [7, 11) is 0. The molecule has 19 heavy (non-hydrogen) atoms. The van der Waals surface area contributed by atoms with Crippen LogP contribution in [0.15, 0.2) is 30.5 Å². The summed E-state index contributed by atoms with van der Waals surface area (Å²) >= 11 is 0.255. The number of benzene rings is 1. The van der Waals surface area contributed by atoms with Gasteiger partial charge < -0.3 is 9.94 Å². The van der Waals surface area contributed by atoms with Crippen LogP contribution in [0.3, 0.4) is 0 Å². The van der Waals surface area contributed by atoms with Crippen LogP contribution in [0.4, 0.5) is 0 Å². The first-order valence-electron chi connectivity index (χ1n) is 6.10. The molecule has 0 fully saturated rings. The van der Waals surface area contributed by atoms with Crippen molar-refractivity contribution in [3.8, 4) is 0 Å². The maximum absolute atomic E-state index is 11.5. The third kappa shape index (κ3) is 2.79. The SMILES string of the molecule is Cc1ccc(C)c(Cc2ccn([O-])c(=S=O)c2C)c1. The summed E-state index contributed by atoms with van der Waals surface area (Å²) in [5, 5.41) is 11.5. The minimum absolute atomic E-state index is 0.239. The van der Waals surface area contributed by atoms with E-state index in [4.69, 9.17) is 0 Å². The second-order valence-corrected chi connectivity index (χ2v) is 5.34. The minimum atomic E-state index is 0.239. The molecule has 0 aliphatic carbocycles. The number of aromatic nitrogens is 1. The number of aryl methyl sites for hydroxylation is 2. The van der Waals surface area contributed by atoms with Gasteiger partial charge in [0.25, 0.3) is 0 Å². The molecule has 0 aliphatic heterocycles. The predicted molar refractivity (Wildman–Crippen MR) is 78.0 cm³/mol. The molecule has 0 amide bonds. The van der Waals surface area contributed by atoms with E-state index in [9.17, 15) is 9.42 Å². The zero-order chi connectivity index (χ0) is 14.0. The van der Waals surface area contributed by atoms with Gasteiger partial charge in [-0.25, -0.2) is 4.21 Å². The number of pyridine rings is 1. The highest BCUT2D eigenvalue weighted by molar-refractivity contribution is 7.56. The molecule has 0 saturated carbocycles. The van der Waals surface area contributed by atoms with Gasteiger partial charge in [0.15, 0.2) is 0 Å². The van der Waals surface area contributed by atoms with E-state index in [2.05, 4.69) is 32.0 Å². The van der Waals surface area contributed by atoms with Gasteiger partial charge in [0.1, 0.15) is 15.9 Å². The molecule has 0 spiro atoms. The first-order chi connectivity index (χ1) is 9.02. The number of nitrogens with zero attached hydrogens (tertiary/aromatic N) is 1. The first kappa shape index (κ1) is 13.6. The molecule has 4 heteroatoms. The van der Waals surface area contributed by atoms with Crippen LogP contribution in [0.5, 0.6) is 0 Å². The Balaban J connectivity index is 2.50. The van der Waals surface area contributed by atoms with E-state index in [0.29, 0.717) is 4.73 Å². The highest BCUT2D eigenvalue weighted by atomic mass is 32.1. The van der Waals surface area contributed by atoms with Crippen molar-refractivity contribution < 1.29 is 4.21 Å². The van der Waals surface area contributed by atoms with Gasteiger partial charge in [-0.2, -0.15) is 0 Å². The zero-order valence-electron chi connectivity index (χ0n) is 11.3. The van der Waals surface area contributed by atoms with Crippen molar-refractivity contribution in [2.45, 2.75) is 27.2 Å². The lowest BCUT2D eigenvalue weighted by atomic mass is 9.97. The molecule has 0 bridgehead atoms. The van der Waals surface area contributed by atoms with Crippen molar-refractivity contribution in [1.29, 1.82) is 0 Å². The summed E-state index contributed by atoms with van der Waals surface area (Å²) in [6.07, 6.45) is 2.15. The van der Waals surface area contributed by atoms with Gasteiger partial charge in [0.05, 0.1) is 0 Å². The summed E-state index contributed by atoms with van der Waals surface area (Å²) < 4.78 is 11.9. The third-order valence-electron chi connectivity index (χ3n) is 3.38. The highest BCUT2D eigenvalue weighted by Gasteiger charge is 2.05. The van der Waals surface area contributed by atoms with Crippen LogP contribution in [0, 0.1) is 30.6 Å². The molecule has 0 radical (unpaired) electrons. The van der Waals surface area contributed by atoms with E-state index in [1.54, 1.807) is 6.07 Å². The van der Waals surface area contributed by atoms with Crippen LogP contribution in [0.1, 0.15) is 27.8 Å². The molecule has 1 aromatic carbocycles. The van der Waals surface area contributed by atoms with Crippen LogP contribution in [0.25, 0.3) is 0 Å². The van der Waals surface area contributed by atoms with Gasteiger partial charge in [-0.15, -0.1) is 0 Å². The normalized spacial score (nSPS) is 10.5. The van der Waals surface area contributed by atoms with Crippen molar-refractivity contribution in [3.05, 3.63) is 68.1 Å². The van der Waals surface area contributed by atoms with Gasteiger partial charge in [0.2, 0.25) is 0 Å². The molecule has 1 aromatic heterocycles. The van der Waals surface area contributed by atoms with Crippen molar-refractivity contribution in [2.24, 2.45) is 0 Å². The Hall–Kier alpha value is -1.81. The maximum atomic E-state index is 11.5. The molecule has 2 aromatic rings. The van der Waals surface area contributed by atoms with E-state index < -0.39 is 0 Å². The largest absolute Gasteiger partial charge is 0.805 e. The molecule has 100 valence electrons. The molecular weight excluding hydrogens is 258 g/mol. The molecular formula is C15H16NO2S-. The Bertz CT molecular complexity index is 713. The van der Waals surface area contributed by atoms with Crippen LogP contribution in [-0.2, 0) is 17.7 Å². The van der Waals surface area contributed by atoms with Crippen molar-refractivity contribution >= 4 is 11.3 Å². The van der Waals surface area contributed by atoms with Crippen LogP contribution < -0.4 is 0 Å². The van der Waals surface area contributed by atoms with E-state index in [1.807, 2.05) is 6.92 Å². The van der Waals surface area contributed by atoms with Crippen LogP contribution >= 0.6 is 0 Å². The van der Waals surface area contributed by atoms with Crippen molar-refractivity contribution in [3.63, 3.8) is 0 Å². The summed E-state index contributed by atoms with van der Waals surface area (Å²) in [5.74, 6) is 0. The lowest BCUT2D eigenvalue weighted by Gasteiger charge is -2.15. The van der Waals surface area contributed by atoms with Gasteiger partial charge >= 0.3 is 0 Å². The minimum Gasteiger partial charge on any atom is -0.805 e. The average Bonchev–Trinajstić information content (AvgIpc) is 2.38. The van der Waals surface area contributed by atoms with Crippen molar-refractivity contribution in [1.82, 2.24) is 4.73 Å². The van der Waals surface area contributed by atoms with Crippen molar-refractivity contribution in [2.75, 3.05) is 0 Å². The fourth-order valence-corrected chi connectivity index (χ4v) is 2.53. The summed E-state index contributed by atoms with van der Waals surface area (Å²) in [4.78, 5) is 0. The molecule has 3 nitrogen and oxygen atoms in total. The third-order valence-corrected chi connectivity index (χ3v) is 4.02. The van der Waals surface area contributed by atoms with Gasteiger partial charge in [-0.3, -0.25) is 0 Å². The summed E-state index contributed by atoms with van der Waals surface area (Å²) in [6.45, 7) is 5.96. The summed E-state index contributed by atoms with van der Waals surface area (Å²) in [6, 6.07) is 8.13. The number of rotatable bonds is 2. The smallest absolute Gasteiger partial charge is 0.134 e. The lowest BCUT2D eigenvalue weighted by Crippen LogP contribution is -2.01. The van der Waals surface area contributed by atoms with Crippen LogP contribution in [-0.4, -0.2) is 8.94 Å². The second-order valence-electron chi connectivity index (χ2n) is 4.79. The maximum Gasteiger partial charge on any atom is 0.134 e. The Morgan fingerprint density at radius 3 is 2.58 bits per heavy atom. The Morgan fingerprint density at radius 1 is 1.16 bits per heavy atom. The van der Waals surface area contributed by atoms with E-state index in [0.717, 1.165) is 17.5 Å². The first-order valence-corrected chi connectivity index (χ1v) is 6.84.